The number of rotatable bonds is 3. The number of ether oxygens (including phenoxy) is 3. The molecule has 0 amide bonds. The molecule has 3 aliphatic rings. The van der Waals surface area contributed by atoms with Crippen LogP contribution in [-0.2, 0) is 28.5 Å². The van der Waals surface area contributed by atoms with Crippen LogP contribution in [-0.4, -0.2) is 62.7 Å². The molecule has 4 atom stereocenters. The molecule has 3 fully saturated rings. The highest BCUT2D eigenvalue weighted by atomic mass is 32.2. The molecule has 0 N–H and O–H groups in total. The highest BCUT2D eigenvalue weighted by molar-refractivity contribution is 8.00. The van der Waals surface area contributed by atoms with Crippen molar-refractivity contribution in [3.05, 3.63) is 0 Å². The predicted molar refractivity (Wildman–Crippen MR) is 60.4 cm³/mol. The zero-order valence-electron chi connectivity index (χ0n) is 9.91. The first kappa shape index (κ1) is 14.9. The van der Waals surface area contributed by atoms with Crippen molar-refractivity contribution in [1.82, 2.24) is 0 Å². The summed E-state index contributed by atoms with van der Waals surface area (Å²) in [5.41, 5.74) is -5.43. The molecule has 11 heteroatoms. The van der Waals surface area contributed by atoms with Gasteiger partial charge in [-0.2, -0.15) is 21.6 Å². The predicted octanol–water partition coefficient (Wildman–Crippen LogP) is 0.477. The van der Waals surface area contributed by atoms with Gasteiger partial charge in [0, 0.05) is 5.75 Å². The Morgan fingerprint density at radius 3 is 2.45 bits per heavy atom. The Morgan fingerprint density at radius 2 is 1.85 bits per heavy atom. The first-order valence-corrected chi connectivity index (χ1v) is 8.25. The van der Waals surface area contributed by atoms with Gasteiger partial charge in [0.1, 0.15) is 12.2 Å². The maximum atomic E-state index is 12.3. The molecule has 0 radical (unpaired) electrons. The number of fused-ring (bicyclic) bond motifs is 2. The minimum atomic E-state index is -5.63. The van der Waals surface area contributed by atoms with Crippen LogP contribution in [0.25, 0.3) is 0 Å². The van der Waals surface area contributed by atoms with Crippen LogP contribution in [0.4, 0.5) is 13.2 Å². The van der Waals surface area contributed by atoms with Gasteiger partial charge >= 0.3 is 15.6 Å². The topological polar surface area (TPSA) is 71.1 Å². The third-order valence-electron chi connectivity index (χ3n) is 3.24. The molecule has 0 aliphatic carbocycles. The molecule has 3 saturated heterocycles. The molecule has 0 aromatic rings. The van der Waals surface area contributed by atoms with Crippen LogP contribution in [0.3, 0.4) is 0 Å². The van der Waals surface area contributed by atoms with Crippen molar-refractivity contribution in [2.24, 2.45) is 0 Å². The van der Waals surface area contributed by atoms with E-state index in [4.69, 9.17) is 14.2 Å². The molecule has 2 bridgehead atoms. The maximum Gasteiger partial charge on any atom is 0.523 e. The molecule has 6 nitrogen and oxygen atoms in total. The van der Waals surface area contributed by atoms with Crippen molar-refractivity contribution < 1.29 is 40.0 Å². The minimum Gasteiger partial charge on any atom is -0.365 e. The van der Waals surface area contributed by atoms with Gasteiger partial charge in [0.2, 0.25) is 0 Å². The third kappa shape index (κ3) is 2.44. The minimum absolute atomic E-state index is 0.374. The molecular weight excluding hydrogens is 325 g/mol. The average Bonchev–Trinajstić information content (AvgIpc) is 3.03. The summed E-state index contributed by atoms with van der Waals surface area (Å²) < 4.78 is 79.5. The van der Waals surface area contributed by atoms with E-state index in [1.54, 1.807) is 0 Å². The molecule has 0 aromatic carbocycles. The SMILES string of the molecule is O=S(=O)(O[C@H]1[C@H]2SC[C@@H]1O[C@H]2C1OCCO1)C(F)(F)F. The molecule has 20 heavy (non-hydrogen) atoms. The summed E-state index contributed by atoms with van der Waals surface area (Å²) in [5, 5.41) is -0.555. The molecule has 3 aliphatic heterocycles. The lowest BCUT2D eigenvalue weighted by Gasteiger charge is -2.25. The highest BCUT2D eigenvalue weighted by Crippen LogP contribution is 2.45. The quantitative estimate of drug-likeness (QED) is 0.548. The molecule has 3 rings (SSSR count). The Labute approximate surface area is 117 Å². The molecule has 0 spiro atoms. The molecule has 0 aromatic heterocycles. The van der Waals surface area contributed by atoms with E-state index in [1.165, 1.54) is 11.8 Å². The van der Waals surface area contributed by atoms with Crippen LogP contribution in [0.2, 0.25) is 0 Å². The van der Waals surface area contributed by atoms with Crippen molar-refractivity contribution >= 4 is 21.9 Å². The van der Waals surface area contributed by atoms with Crippen molar-refractivity contribution in [3.8, 4) is 0 Å². The smallest absolute Gasteiger partial charge is 0.365 e. The zero-order chi connectivity index (χ0) is 14.5. The number of hydrogen-bond acceptors (Lipinski definition) is 7. The van der Waals surface area contributed by atoms with Crippen LogP contribution in [0.15, 0.2) is 0 Å². The first-order chi connectivity index (χ1) is 9.29. The standard InChI is InChI=1S/C9H11F3O6S2/c10-9(11,12)20(13,14)18-5-4-3-19-7(5)6(17-4)8-15-1-2-16-8/h4-8H,1-3H2/t4-,5+,6+,7+/m0/s1. The molecular formula is C9H11F3O6S2. The van der Waals surface area contributed by atoms with E-state index in [2.05, 4.69) is 4.18 Å². The van der Waals surface area contributed by atoms with E-state index < -0.39 is 45.5 Å². The van der Waals surface area contributed by atoms with E-state index in [0.717, 1.165) is 0 Å². The summed E-state index contributed by atoms with van der Waals surface area (Å²) in [6.07, 6.45) is -3.17. The van der Waals surface area contributed by atoms with Gasteiger partial charge in [0.05, 0.1) is 24.6 Å². The third-order valence-corrected chi connectivity index (χ3v) is 5.72. The number of alkyl halides is 3. The lowest BCUT2D eigenvalue weighted by Crippen LogP contribution is -2.39. The van der Waals surface area contributed by atoms with E-state index in [1.807, 2.05) is 0 Å². The van der Waals surface area contributed by atoms with Crippen molar-refractivity contribution in [2.75, 3.05) is 19.0 Å². The van der Waals surface area contributed by atoms with E-state index in [-0.39, 0.29) is 0 Å². The molecule has 0 unspecified atom stereocenters. The molecule has 3 heterocycles. The zero-order valence-corrected chi connectivity index (χ0v) is 11.5. The fraction of sp³-hybridized carbons (Fsp3) is 1.00. The van der Waals surface area contributed by atoms with Crippen LogP contribution in [0, 0.1) is 0 Å². The van der Waals surface area contributed by atoms with Gasteiger partial charge in [-0.1, -0.05) is 0 Å². The Bertz CT molecular complexity index is 475. The summed E-state index contributed by atoms with van der Waals surface area (Å²) in [6, 6.07) is 0. The van der Waals surface area contributed by atoms with Crippen molar-refractivity contribution in [2.45, 2.75) is 35.4 Å². The summed E-state index contributed by atoms with van der Waals surface area (Å²) in [6.45, 7) is 0.748. The van der Waals surface area contributed by atoms with Gasteiger partial charge in [-0.25, -0.2) is 0 Å². The van der Waals surface area contributed by atoms with E-state index >= 15 is 0 Å². The fourth-order valence-electron chi connectivity index (χ4n) is 2.39. The Kier molecular flexibility index (Phi) is 3.70. The van der Waals surface area contributed by atoms with Gasteiger partial charge < -0.3 is 14.2 Å². The van der Waals surface area contributed by atoms with E-state index in [9.17, 15) is 21.6 Å². The fourth-order valence-corrected chi connectivity index (χ4v) is 4.59. The van der Waals surface area contributed by atoms with Crippen LogP contribution in [0.5, 0.6) is 0 Å². The first-order valence-electron chi connectivity index (χ1n) is 5.79. The lowest BCUT2D eigenvalue weighted by molar-refractivity contribution is -0.137. The summed E-state index contributed by atoms with van der Waals surface area (Å²) >= 11 is 1.30. The largest absolute Gasteiger partial charge is 0.523 e. The van der Waals surface area contributed by atoms with E-state index in [0.29, 0.717) is 19.0 Å². The summed E-state index contributed by atoms with van der Waals surface area (Å²) in [7, 11) is -5.63. The maximum absolute atomic E-state index is 12.3. The Balaban J connectivity index is 1.73. The number of thioether (sulfide) groups is 1. The molecule has 0 saturated carbocycles. The average molecular weight is 336 g/mol. The lowest BCUT2D eigenvalue weighted by atomic mass is 10.1. The monoisotopic (exact) mass is 336 g/mol. The number of halogens is 3. The van der Waals surface area contributed by atoms with Gasteiger partial charge in [-0.3, -0.25) is 4.18 Å². The number of hydrogen-bond donors (Lipinski definition) is 0. The normalized spacial score (nSPS) is 38.8. The van der Waals surface area contributed by atoms with Gasteiger partial charge in [-0.05, 0) is 0 Å². The second-order valence-electron chi connectivity index (χ2n) is 4.51. The summed E-state index contributed by atoms with van der Waals surface area (Å²) in [4.78, 5) is 0. The Hall–Kier alpha value is -0.0700. The second kappa shape index (κ2) is 4.99. The van der Waals surface area contributed by atoms with Crippen LogP contribution in [0.1, 0.15) is 0 Å². The second-order valence-corrected chi connectivity index (χ2v) is 7.28. The van der Waals surface area contributed by atoms with Crippen LogP contribution < -0.4 is 0 Å². The molecule has 116 valence electrons. The van der Waals surface area contributed by atoms with Gasteiger partial charge in [-0.15, -0.1) is 11.8 Å². The van der Waals surface area contributed by atoms with Gasteiger partial charge in [0.15, 0.2) is 6.29 Å². The van der Waals surface area contributed by atoms with Crippen molar-refractivity contribution in [1.29, 1.82) is 0 Å². The van der Waals surface area contributed by atoms with Crippen LogP contribution >= 0.6 is 11.8 Å². The van der Waals surface area contributed by atoms with Crippen molar-refractivity contribution in [3.63, 3.8) is 0 Å². The van der Waals surface area contributed by atoms with Gasteiger partial charge in [0.25, 0.3) is 0 Å². The Morgan fingerprint density at radius 1 is 1.20 bits per heavy atom. The summed E-state index contributed by atoms with van der Waals surface area (Å²) in [5.74, 6) is 0.381. The highest BCUT2D eigenvalue weighted by Gasteiger charge is 2.59.